The smallest absolute Gasteiger partial charge is 0.312 e. The van der Waals surface area contributed by atoms with Gasteiger partial charge in [0, 0.05) is 38.8 Å². The van der Waals surface area contributed by atoms with Gasteiger partial charge in [-0.3, -0.25) is 9.59 Å². The lowest BCUT2D eigenvalue weighted by Crippen LogP contribution is -2.55. The molecule has 6 nitrogen and oxygen atoms in total. The van der Waals surface area contributed by atoms with Crippen LogP contribution < -0.4 is 5.32 Å². The van der Waals surface area contributed by atoms with E-state index in [1.165, 1.54) is 9.80 Å². The minimum atomic E-state index is -0.663. The summed E-state index contributed by atoms with van der Waals surface area (Å²) in [6.45, 7) is 7.61. The summed E-state index contributed by atoms with van der Waals surface area (Å²) in [6, 6.07) is 0. The quantitative estimate of drug-likeness (QED) is 0.636. The molecule has 0 radical (unpaired) electrons. The lowest BCUT2D eigenvalue weighted by atomic mass is 10.1. The fraction of sp³-hybridized carbons (Fsp3) is 0.833. The second-order valence-corrected chi connectivity index (χ2v) is 5.76. The summed E-state index contributed by atoms with van der Waals surface area (Å²) in [6.07, 6.45) is -0.663. The normalized spacial score (nSPS) is 19.4. The molecule has 1 aliphatic heterocycles. The number of piperazine rings is 1. The Kier molecular flexibility index (Phi) is 4.70. The first-order valence-electron chi connectivity index (χ1n) is 6.18. The van der Waals surface area contributed by atoms with E-state index < -0.39 is 17.9 Å². The van der Waals surface area contributed by atoms with Gasteiger partial charge in [-0.2, -0.15) is 0 Å². The molecular formula is C12H23N3O3. The van der Waals surface area contributed by atoms with Gasteiger partial charge in [0.1, 0.15) is 0 Å². The van der Waals surface area contributed by atoms with E-state index in [0.717, 1.165) is 0 Å². The third-order valence-corrected chi connectivity index (χ3v) is 2.82. The summed E-state index contributed by atoms with van der Waals surface area (Å²) in [5, 5.41) is 13.0. The van der Waals surface area contributed by atoms with Gasteiger partial charge in [-0.1, -0.05) is 0 Å². The van der Waals surface area contributed by atoms with Crippen molar-refractivity contribution in [2.45, 2.75) is 32.4 Å². The Labute approximate surface area is 108 Å². The molecule has 2 amide bonds. The summed E-state index contributed by atoms with van der Waals surface area (Å²) in [5.41, 5.74) is -0.0804. The second-order valence-electron chi connectivity index (χ2n) is 5.76. The first-order valence-corrected chi connectivity index (χ1v) is 6.18. The van der Waals surface area contributed by atoms with E-state index in [2.05, 4.69) is 5.32 Å². The molecular weight excluding hydrogens is 234 g/mol. The summed E-state index contributed by atoms with van der Waals surface area (Å²) in [7, 11) is 1.61. The molecule has 0 spiro atoms. The van der Waals surface area contributed by atoms with Crippen LogP contribution in [0, 0.1) is 0 Å². The van der Waals surface area contributed by atoms with Crippen molar-refractivity contribution in [3.63, 3.8) is 0 Å². The van der Waals surface area contributed by atoms with Gasteiger partial charge in [0.05, 0.1) is 6.10 Å². The topological polar surface area (TPSA) is 72.9 Å². The number of hydrogen-bond acceptors (Lipinski definition) is 4. The predicted octanol–water partition coefficient (Wildman–Crippen LogP) is -0.964. The van der Waals surface area contributed by atoms with E-state index in [1.54, 1.807) is 7.05 Å². The first-order chi connectivity index (χ1) is 8.20. The molecule has 1 atom stereocenters. The number of nitrogens with one attached hydrogen (secondary N) is 1. The number of carbonyl (C=O) groups is 2. The standard InChI is InChI=1S/C12H23N3O3/c1-12(2,3)13-7-9(16)8-15-6-5-14(4)10(17)11(15)18/h9,13,16H,5-8H2,1-4H3. The molecule has 1 fully saturated rings. The number of amides is 2. The van der Waals surface area contributed by atoms with Gasteiger partial charge in [-0.15, -0.1) is 0 Å². The van der Waals surface area contributed by atoms with Gasteiger partial charge in [0.2, 0.25) is 0 Å². The Hall–Kier alpha value is -1.14. The monoisotopic (exact) mass is 257 g/mol. The van der Waals surface area contributed by atoms with Crippen LogP contribution in [0.2, 0.25) is 0 Å². The number of aliphatic hydroxyl groups excluding tert-OH is 1. The molecule has 1 unspecified atom stereocenters. The molecule has 1 heterocycles. The van der Waals surface area contributed by atoms with Crippen molar-refractivity contribution in [2.24, 2.45) is 0 Å². The number of aliphatic hydroxyl groups is 1. The van der Waals surface area contributed by atoms with Gasteiger partial charge in [-0.05, 0) is 20.8 Å². The minimum Gasteiger partial charge on any atom is -0.390 e. The molecule has 0 saturated carbocycles. The Bertz CT molecular complexity index is 325. The minimum absolute atomic E-state index is 0.0804. The van der Waals surface area contributed by atoms with Gasteiger partial charge in [0.25, 0.3) is 0 Å². The van der Waals surface area contributed by atoms with Crippen LogP contribution in [0.15, 0.2) is 0 Å². The molecule has 2 N–H and O–H groups in total. The number of rotatable bonds is 4. The van der Waals surface area contributed by atoms with Crippen LogP contribution in [0.5, 0.6) is 0 Å². The molecule has 0 aromatic heterocycles. The first kappa shape index (κ1) is 14.9. The molecule has 1 saturated heterocycles. The molecule has 1 rings (SSSR count). The summed E-state index contributed by atoms with van der Waals surface area (Å²) >= 11 is 0. The molecule has 6 heteroatoms. The van der Waals surface area contributed by atoms with Crippen LogP contribution in [0.3, 0.4) is 0 Å². The van der Waals surface area contributed by atoms with Gasteiger partial charge < -0.3 is 20.2 Å². The van der Waals surface area contributed by atoms with E-state index in [0.29, 0.717) is 19.6 Å². The number of β-amino-alcohol motifs (C(OH)–C–C–N with tert-alkyl or cyclic N) is 1. The van der Waals surface area contributed by atoms with Crippen molar-refractivity contribution in [3.05, 3.63) is 0 Å². The molecule has 104 valence electrons. The molecule has 18 heavy (non-hydrogen) atoms. The van der Waals surface area contributed by atoms with Gasteiger partial charge in [-0.25, -0.2) is 0 Å². The van der Waals surface area contributed by atoms with Crippen molar-refractivity contribution >= 4 is 11.8 Å². The predicted molar refractivity (Wildman–Crippen MR) is 68.0 cm³/mol. The maximum Gasteiger partial charge on any atom is 0.312 e. The van der Waals surface area contributed by atoms with Crippen LogP contribution in [0.25, 0.3) is 0 Å². The third-order valence-electron chi connectivity index (χ3n) is 2.82. The summed E-state index contributed by atoms with van der Waals surface area (Å²) in [4.78, 5) is 26.0. The summed E-state index contributed by atoms with van der Waals surface area (Å²) < 4.78 is 0. The molecule has 0 aromatic carbocycles. The Balaban J connectivity index is 2.43. The largest absolute Gasteiger partial charge is 0.390 e. The zero-order valence-corrected chi connectivity index (χ0v) is 11.6. The molecule has 0 aromatic rings. The van der Waals surface area contributed by atoms with Crippen LogP contribution >= 0.6 is 0 Å². The van der Waals surface area contributed by atoms with E-state index in [1.807, 2.05) is 20.8 Å². The number of likely N-dealkylation sites (N-methyl/N-ethyl adjacent to an activating group) is 1. The maximum absolute atomic E-state index is 11.7. The molecule has 0 aliphatic carbocycles. The Morgan fingerprint density at radius 3 is 2.44 bits per heavy atom. The van der Waals surface area contributed by atoms with Gasteiger partial charge >= 0.3 is 11.8 Å². The zero-order chi connectivity index (χ0) is 13.9. The maximum atomic E-state index is 11.7. The SMILES string of the molecule is CN1CCN(CC(O)CNC(C)(C)C)C(=O)C1=O. The highest BCUT2D eigenvalue weighted by atomic mass is 16.3. The van der Waals surface area contributed by atoms with Crippen molar-refractivity contribution in [3.8, 4) is 0 Å². The number of nitrogens with zero attached hydrogens (tertiary/aromatic N) is 2. The molecule has 1 aliphatic rings. The van der Waals surface area contributed by atoms with Crippen molar-refractivity contribution in [2.75, 3.05) is 33.2 Å². The van der Waals surface area contributed by atoms with Crippen molar-refractivity contribution in [1.29, 1.82) is 0 Å². The fourth-order valence-corrected chi connectivity index (χ4v) is 1.69. The zero-order valence-electron chi connectivity index (χ0n) is 11.6. The van der Waals surface area contributed by atoms with Crippen molar-refractivity contribution < 1.29 is 14.7 Å². The summed E-state index contributed by atoms with van der Waals surface area (Å²) in [5.74, 6) is -1.03. The average molecular weight is 257 g/mol. The highest BCUT2D eigenvalue weighted by Gasteiger charge is 2.31. The van der Waals surface area contributed by atoms with Crippen LogP contribution in [0.1, 0.15) is 20.8 Å². The van der Waals surface area contributed by atoms with E-state index in [-0.39, 0.29) is 12.1 Å². The third kappa shape index (κ3) is 4.27. The van der Waals surface area contributed by atoms with E-state index >= 15 is 0 Å². The Morgan fingerprint density at radius 1 is 1.28 bits per heavy atom. The lowest BCUT2D eigenvalue weighted by Gasteiger charge is -2.33. The number of hydrogen-bond donors (Lipinski definition) is 2. The average Bonchev–Trinajstić information content (AvgIpc) is 2.26. The number of carbonyl (C=O) groups excluding carboxylic acids is 2. The Morgan fingerprint density at radius 2 is 1.89 bits per heavy atom. The lowest BCUT2D eigenvalue weighted by molar-refractivity contribution is -0.155. The fourth-order valence-electron chi connectivity index (χ4n) is 1.69. The highest BCUT2D eigenvalue weighted by molar-refractivity contribution is 6.35. The van der Waals surface area contributed by atoms with Crippen LogP contribution in [-0.2, 0) is 9.59 Å². The van der Waals surface area contributed by atoms with Crippen LogP contribution in [0.4, 0.5) is 0 Å². The highest BCUT2D eigenvalue weighted by Crippen LogP contribution is 2.05. The van der Waals surface area contributed by atoms with Gasteiger partial charge in [0.15, 0.2) is 0 Å². The molecule has 0 bridgehead atoms. The van der Waals surface area contributed by atoms with Crippen LogP contribution in [-0.4, -0.2) is 71.6 Å². The van der Waals surface area contributed by atoms with Crippen molar-refractivity contribution in [1.82, 2.24) is 15.1 Å². The van der Waals surface area contributed by atoms with E-state index in [9.17, 15) is 14.7 Å². The second kappa shape index (κ2) is 5.67. The van der Waals surface area contributed by atoms with E-state index in [4.69, 9.17) is 0 Å².